The van der Waals surface area contributed by atoms with Crippen LogP contribution in [0.25, 0.3) is 0 Å². The Hall–Kier alpha value is -1.01. The third kappa shape index (κ3) is 4.78. The van der Waals surface area contributed by atoms with Crippen molar-refractivity contribution in [2.75, 3.05) is 0 Å². The van der Waals surface area contributed by atoms with Gasteiger partial charge in [0, 0.05) is 0 Å². The number of rotatable bonds is 10. The van der Waals surface area contributed by atoms with Crippen LogP contribution in [0, 0.1) is 0 Å². The van der Waals surface area contributed by atoms with E-state index in [9.17, 15) is 74.6 Å². The van der Waals surface area contributed by atoms with E-state index < -0.39 is 80.8 Å². The monoisotopic (exact) mass is 590 g/mol. The molecule has 1 saturated heterocycles. The molecule has 0 saturated carbocycles. The topological polar surface area (TPSA) is 9.23 Å². The molecule has 0 amide bonds. The van der Waals surface area contributed by atoms with Gasteiger partial charge in [0.15, 0.2) is 20.7 Å². The van der Waals surface area contributed by atoms with Crippen LogP contribution in [0.5, 0.6) is 0 Å². The van der Waals surface area contributed by atoms with E-state index in [0.29, 0.717) is 6.92 Å². The fourth-order valence-corrected chi connectivity index (χ4v) is 6.23. The fraction of sp³-hybridized carbons (Fsp3) is 1.00. The lowest BCUT2D eigenvalue weighted by Gasteiger charge is -2.48. The largest absolute Gasteiger partial charge is 0.409 e. The second-order valence-corrected chi connectivity index (χ2v) is 13.3. The molecule has 4 atom stereocenters. The molecule has 0 bridgehead atoms. The van der Waals surface area contributed by atoms with Crippen LogP contribution in [0.15, 0.2) is 0 Å². The third-order valence-electron chi connectivity index (χ3n) is 5.70. The van der Waals surface area contributed by atoms with Gasteiger partial charge < -0.3 is 4.43 Å². The maximum Gasteiger partial charge on any atom is 0.384 e. The molecule has 1 fully saturated rings. The predicted molar refractivity (Wildman–Crippen MR) is 91.4 cm³/mol. The van der Waals surface area contributed by atoms with Crippen LogP contribution in [-0.2, 0) is 4.43 Å². The summed E-state index contributed by atoms with van der Waals surface area (Å²) in [5, 5.41) is 0. The van der Waals surface area contributed by atoms with E-state index >= 15 is 0 Å². The summed E-state index contributed by atoms with van der Waals surface area (Å²) in [7, 11) is -3.11. The van der Waals surface area contributed by atoms with E-state index in [1.54, 1.807) is 0 Å². The lowest BCUT2D eigenvalue weighted by molar-refractivity contribution is -0.436. The van der Waals surface area contributed by atoms with Gasteiger partial charge in [-0.3, -0.25) is 0 Å². The van der Waals surface area contributed by atoms with Crippen molar-refractivity contribution in [1.82, 2.24) is 0 Å². The molecule has 0 aliphatic carbocycles. The summed E-state index contributed by atoms with van der Waals surface area (Å²) in [6.45, 7) is 2.89. The summed E-state index contributed by atoms with van der Waals surface area (Å²) in [5.41, 5.74) is -3.04. The van der Waals surface area contributed by atoms with Gasteiger partial charge in [0.1, 0.15) is 0 Å². The van der Waals surface area contributed by atoms with Gasteiger partial charge in [-0.2, -0.15) is 52.7 Å². The minimum absolute atomic E-state index is 0.130. The van der Waals surface area contributed by atoms with E-state index in [4.69, 9.17) is 4.43 Å². The number of alkyl halides is 17. The zero-order chi connectivity index (χ0) is 29.1. The van der Waals surface area contributed by atoms with Crippen LogP contribution >= 0.6 is 0 Å². The Kier molecular flexibility index (Phi) is 8.55. The van der Waals surface area contributed by atoms with E-state index in [-0.39, 0.29) is 12.5 Å². The van der Waals surface area contributed by atoms with Crippen molar-refractivity contribution in [2.24, 2.45) is 0 Å². The SMILES string of the molecule is CC1(C(F)C(F)(F)C(F)(F)C(F)(F)C(F)(F)C(F)(F)C(F)(F)C(F)C(F)C(F)F)CCC[Si](C)(C)O1. The minimum Gasteiger partial charge on any atom is -0.409 e. The summed E-state index contributed by atoms with van der Waals surface area (Å²) in [6.07, 6.45) is -21.2. The molecule has 4 unspecified atom stereocenters. The molecule has 36 heavy (non-hydrogen) atoms. The second kappa shape index (κ2) is 9.32. The first-order valence-corrected chi connectivity index (χ1v) is 12.9. The highest BCUT2D eigenvalue weighted by Gasteiger charge is 2.92. The molecule has 1 aliphatic heterocycles. The number of halogens is 17. The Morgan fingerprint density at radius 1 is 0.667 bits per heavy atom. The lowest BCUT2D eigenvalue weighted by atomic mass is 9.83. The van der Waals surface area contributed by atoms with Gasteiger partial charge in [-0.05, 0) is 32.5 Å². The average molecular weight is 590 g/mol. The smallest absolute Gasteiger partial charge is 0.384 e. The molecule has 0 spiro atoms. The van der Waals surface area contributed by atoms with Crippen LogP contribution < -0.4 is 0 Å². The molecule has 0 aromatic heterocycles. The third-order valence-corrected chi connectivity index (χ3v) is 8.28. The van der Waals surface area contributed by atoms with Crippen molar-refractivity contribution >= 4 is 8.32 Å². The molecule has 216 valence electrons. The maximum atomic E-state index is 14.6. The Balaban J connectivity index is 3.56. The highest BCUT2D eigenvalue weighted by Crippen LogP contribution is 2.62. The van der Waals surface area contributed by atoms with Crippen molar-refractivity contribution in [3.8, 4) is 0 Å². The van der Waals surface area contributed by atoms with Crippen molar-refractivity contribution in [3.63, 3.8) is 0 Å². The molecular formula is C17H19F17OSi. The molecular weight excluding hydrogens is 571 g/mol. The number of hydrogen-bond acceptors (Lipinski definition) is 1. The van der Waals surface area contributed by atoms with Crippen LogP contribution in [-0.4, -0.2) is 74.4 Å². The molecule has 1 heterocycles. The highest BCUT2D eigenvalue weighted by molar-refractivity contribution is 6.71. The van der Waals surface area contributed by atoms with Gasteiger partial charge >= 0.3 is 35.5 Å². The summed E-state index contributed by atoms with van der Waals surface area (Å²) < 4.78 is 236. The van der Waals surface area contributed by atoms with Gasteiger partial charge in [0.05, 0.1) is 5.60 Å². The molecule has 1 rings (SSSR count). The molecule has 19 heteroatoms. The first-order valence-electron chi connectivity index (χ1n) is 9.76. The number of hydrogen-bond donors (Lipinski definition) is 0. The second-order valence-electron chi connectivity index (χ2n) is 9.11. The molecule has 0 N–H and O–H groups in total. The highest BCUT2D eigenvalue weighted by atomic mass is 28.4. The summed E-state index contributed by atoms with van der Waals surface area (Å²) in [6, 6.07) is 0.130. The van der Waals surface area contributed by atoms with Crippen molar-refractivity contribution in [3.05, 3.63) is 0 Å². The van der Waals surface area contributed by atoms with Gasteiger partial charge in [0.2, 0.25) is 6.17 Å². The van der Waals surface area contributed by atoms with E-state index in [2.05, 4.69) is 0 Å². The standard InChI is InChI=1S/C17H19F17OSi/c1-11(5-4-6-36(2,3)35-11)10(22)13(25,26)15(29,30)17(33,34)16(31,32)14(27,28)12(23,24)8(19)7(18)9(20)21/h7-10H,4-6H2,1-3H3. The van der Waals surface area contributed by atoms with Gasteiger partial charge in [-0.15, -0.1) is 0 Å². The van der Waals surface area contributed by atoms with E-state index in [1.807, 2.05) is 0 Å². The quantitative estimate of drug-likeness (QED) is 0.186. The molecule has 0 radical (unpaired) electrons. The van der Waals surface area contributed by atoms with Crippen molar-refractivity contribution < 1.29 is 79.1 Å². The Labute approximate surface area is 193 Å². The Morgan fingerprint density at radius 3 is 1.42 bits per heavy atom. The normalized spacial score (nSPS) is 25.6. The van der Waals surface area contributed by atoms with Gasteiger partial charge in [0.25, 0.3) is 6.43 Å². The lowest BCUT2D eigenvalue weighted by Crippen LogP contribution is -2.74. The molecule has 1 aliphatic rings. The maximum absolute atomic E-state index is 14.6. The average Bonchev–Trinajstić information content (AvgIpc) is 2.69. The van der Waals surface area contributed by atoms with E-state index in [0.717, 1.165) is 0 Å². The zero-order valence-corrected chi connectivity index (χ0v) is 19.3. The Morgan fingerprint density at radius 2 is 1.06 bits per heavy atom. The summed E-state index contributed by atoms with van der Waals surface area (Å²) in [5.74, 6) is -47.3. The molecule has 0 aromatic carbocycles. The van der Waals surface area contributed by atoms with Crippen LogP contribution in [0.2, 0.25) is 19.1 Å². The summed E-state index contributed by atoms with van der Waals surface area (Å²) in [4.78, 5) is 0. The van der Waals surface area contributed by atoms with Gasteiger partial charge in [-0.25, -0.2) is 22.0 Å². The van der Waals surface area contributed by atoms with Crippen LogP contribution in [0.1, 0.15) is 19.8 Å². The zero-order valence-electron chi connectivity index (χ0n) is 18.3. The van der Waals surface area contributed by atoms with Crippen LogP contribution in [0.3, 0.4) is 0 Å². The van der Waals surface area contributed by atoms with E-state index in [1.165, 1.54) is 13.1 Å². The first-order chi connectivity index (χ1) is 15.6. The minimum atomic E-state index is -8.37. The molecule has 0 aromatic rings. The molecule has 1 nitrogen and oxygen atoms in total. The fourth-order valence-electron chi connectivity index (χ4n) is 3.63. The Bertz CT molecular complexity index is 785. The summed E-state index contributed by atoms with van der Waals surface area (Å²) >= 11 is 0. The van der Waals surface area contributed by atoms with Crippen molar-refractivity contribution in [1.29, 1.82) is 0 Å². The van der Waals surface area contributed by atoms with Crippen molar-refractivity contribution in [2.45, 2.75) is 105 Å². The predicted octanol–water partition coefficient (Wildman–Crippen LogP) is 7.85. The first kappa shape index (κ1) is 33.0. The van der Waals surface area contributed by atoms with Crippen LogP contribution in [0.4, 0.5) is 74.6 Å². The van der Waals surface area contributed by atoms with Gasteiger partial charge in [-0.1, -0.05) is 6.42 Å².